The Morgan fingerprint density at radius 1 is 1.24 bits per heavy atom. The molecule has 0 bridgehead atoms. The summed E-state index contributed by atoms with van der Waals surface area (Å²) in [4.78, 5) is 38.1. The molecule has 0 saturated carbocycles. The first-order valence-electron chi connectivity index (χ1n) is 8.44. The standard InChI is InChI=1S/C18H25N3O4/c1-13(17(23)24)10-20(2)18(25)19-9-5-8-16(22)21-11-14-6-3-4-7-15(14)12-21/h3-4,6-7,13H,5,8-12H2,1-2H3,(H,19,25)(H,23,24). The number of urea groups is 1. The minimum Gasteiger partial charge on any atom is -0.481 e. The lowest BCUT2D eigenvalue weighted by Gasteiger charge is -2.20. The number of carboxylic acids is 1. The number of fused-ring (bicyclic) bond motifs is 1. The molecule has 0 saturated heterocycles. The molecule has 3 amide bonds. The van der Waals surface area contributed by atoms with Gasteiger partial charge in [0.1, 0.15) is 0 Å². The maximum absolute atomic E-state index is 12.3. The van der Waals surface area contributed by atoms with Crippen LogP contribution in [0.3, 0.4) is 0 Å². The zero-order chi connectivity index (χ0) is 18.4. The van der Waals surface area contributed by atoms with Crippen LogP contribution in [-0.4, -0.2) is 53.0 Å². The highest BCUT2D eigenvalue weighted by Crippen LogP contribution is 2.22. The van der Waals surface area contributed by atoms with Crippen LogP contribution in [0, 0.1) is 5.92 Å². The van der Waals surface area contributed by atoms with Gasteiger partial charge in [-0.25, -0.2) is 4.79 Å². The SMILES string of the molecule is CC(CN(C)C(=O)NCCCC(=O)N1Cc2ccccc2C1)C(=O)O. The van der Waals surface area contributed by atoms with Gasteiger partial charge in [0, 0.05) is 39.6 Å². The van der Waals surface area contributed by atoms with Crippen LogP contribution >= 0.6 is 0 Å². The first kappa shape index (κ1) is 18.8. The van der Waals surface area contributed by atoms with Crippen molar-refractivity contribution in [1.29, 1.82) is 0 Å². The minimum absolute atomic E-state index is 0.0818. The first-order chi connectivity index (χ1) is 11.9. The van der Waals surface area contributed by atoms with Crippen molar-refractivity contribution >= 4 is 17.9 Å². The molecule has 0 fully saturated rings. The van der Waals surface area contributed by atoms with Crippen LogP contribution in [0.4, 0.5) is 4.79 Å². The Bertz CT molecular complexity index is 622. The molecule has 7 nitrogen and oxygen atoms in total. The van der Waals surface area contributed by atoms with E-state index in [4.69, 9.17) is 5.11 Å². The summed E-state index contributed by atoms with van der Waals surface area (Å²) < 4.78 is 0. The lowest BCUT2D eigenvalue weighted by Crippen LogP contribution is -2.41. The summed E-state index contributed by atoms with van der Waals surface area (Å²) in [6.07, 6.45) is 0.934. The van der Waals surface area contributed by atoms with E-state index in [2.05, 4.69) is 5.32 Å². The van der Waals surface area contributed by atoms with Gasteiger partial charge in [-0.1, -0.05) is 31.2 Å². The number of hydrogen-bond acceptors (Lipinski definition) is 3. The molecular weight excluding hydrogens is 322 g/mol. The van der Waals surface area contributed by atoms with Crippen molar-refractivity contribution in [2.24, 2.45) is 5.92 Å². The quantitative estimate of drug-likeness (QED) is 0.734. The Balaban J connectivity index is 1.65. The Labute approximate surface area is 147 Å². The first-order valence-corrected chi connectivity index (χ1v) is 8.44. The van der Waals surface area contributed by atoms with Gasteiger partial charge >= 0.3 is 12.0 Å². The topological polar surface area (TPSA) is 90.0 Å². The minimum atomic E-state index is -0.933. The predicted octanol–water partition coefficient (Wildman–Crippen LogP) is 1.67. The molecular formula is C18H25N3O4. The lowest BCUT2D eigenvalue weighted by atomic mass is 10.1. The van der Waals surface area contributed by atoms with Crippen molar-refractivity contribution < 1.29 is 19.5 Å². The third kappa shape index (κ3) is 5.20. The Kier molecular flexibility index (Phi) is 6.38. The number of carboxylic acid groups (broad SMARTS) is 1. The number of carbonyl (C=O) groups is 3. The third-order valence-electron chi connectivity index (χ3n) is 4.35. The number of amides is 3. The van der Waals surface area contributed by atoms with Crippen LogP contribution in [0.2, 0.25) is 0 Å². The fourth-order valence-corrected chi connectivity index (χ4v) is 2.81. The lowest BCUT2D eigenvalue weighted by molar-refractivity contribution is -0.141. The number of benzene rings is 1. The van der Waals surface area contributed by atoms with Gasteiger partial charge in [-0.05, 0) is 17.5 Å². The summed E-state index contributed by atoms with van der Waals surface area (Å²) in [6.45, 7) is 3.39. The smallest absolute Gasteiger partial charge is 0.317 e. The van der Waals surface area contributed by atoms with Crippen molar-refractivity contribution in [3.8, 4) is 0 Å². The van der Waals surface area contributed by atoms with Crippen molar-refractivity contribution in [1.82, 2.24) is 15.1 Å². The number of carbonyl (C=O) groups excluding carboxylic acids is 2. The molecule has 2 N–H and O–H groups in total. The maximum Gasteiger partial charge on any atom is 0.317 e. The molecule has 136 valence electrons. The third-order valence-corrected chi connectivity index (χ3v) is 4.35. The average molecular weight is 347 g/mol. The molecule has 2 rings (SSSR count). The zero-order valence-corrected chi connectivity index (χ0v) is 14.7. The van der Waals surface area contributed by atoms with Gasteiger partial charge in [-0.3, -0.25) is 9.59 Å². The summed E-state index contributed by atoms with van der Waals surface area (Å²) in [5, 5.41) is 11.6. The molecule has 25 heavy (non-hydrogen) atoms. The molecule has 1 aromatic rings. The second-order valence-corrected chi connectivity index (χ2v) is 6.47. The maximum atomic E-state index is 12.3. The largest absolute Gasteiger partial charge is 0.481 e. The van der Waals surface area contributed by atoms with Crippen molar-refractivity contribution in [2.45, 2.75) is 32.9 Å². The van der Waals surface area contributed by atoms with Crippen LogP contribution < -0.4 is 5.32 Å². The summed E-state index contributed by atoms with van der Waals surface area (Å²) in [7, 11) is 1.56. The molecule has 7 heteroatoms. The van der Waals surface area contributed by atoms with Gasteiger partial charge in [0.2, 0.25) is 5.91 Å². The van der Waals surface area contributed by atoms with Gasteiger partial charge in [-0.15, -0.1) is 0 Å². The molecule has 1 aliphatic heterocycles. The predicted molar refractivity (Wildman–Crippen MR) is 92.8 cm³/mol. The molecule has 1 unspecified atom stereocenters. The zero-order valence-electron chi connectivity index (χ0n) is 14.7. The van der Waals surface area contributed by atoms with Crippen molar-refractivity contribution in [3.05, 3.63) is 35.4 Å². The fraction of sp³-hybridized carbons (Fsp3) is 0.500. The van der Waals surface area contributed by atoms with E-state index in [0.29, 0.717) is 32.5 Å². The van der Waals surface area contributed by atoms with E-state index in [-0.39, 0.29) is 18.5 Å². The summed E-state index contributed by atoms with van der Waals surface area (Å²) in [5.74, 6) is -1.47. The summed E-state index contributed by atoms with van der Waals surface area (Å²) >= 11 is 0. The molecule has 0 spiro atoms. The molecule has 1 atom stereocenters. The van der Waals surface area contributed by atoms with E-state index < -0.39 is 11.9 Å². The van der Waals surface area contributed by atoms with Gasteiger partial charge in [0.15, 0.2) is 0 Å². The normalized spacial score (nSPS) is 13.9. The van der Waals surface area contributed by atoms with E-state index in [1.54, 1.807) is 14.0 Å². The van der Waals surface area contributed by atoms with E-state index in [9.17, 15) is 14.4 Å². The molecule has 1 heterocycles. The summed E-state index contributed by atoms with van der Waals surface area (Å²) in [5.41, 5.74) is 2.39. The van der Waals surface area contributed by atoms with Crippen molar-refractivity contribution in [2.75, 3.05) is 20.1 Å². The number of aliphatic carboxylic acids is 1. The number of rotatable bonds is 7. The highest BCUT2D eigenvalue weighted by atomic mass is 16.4. The number of nitrogens with one attached hydrogen (secondary N) is 1. The van der Waals surface area contributed by atoms with Crippen LogP contribution in [-0.2, 0) is 22.7 Å². The Morgan fingerprint density at radius 3 is 2.40 bits per heavy atom. The fourth-order valence-electron chi connectivity index (χ4n) is 2.81. The van der Waals surface area contributed by atoms with Crippen LogP contribution in [0.25, 0.3) is 0 Å². The second-order valence-electron chi connectivity index (χ2n) is 6.47. The van der Waals surface area contributed by atoms with Gasteiger partial charge in [-0.2, -0.15) is 0 Å². The van der Waals surface area contributed by atoms with Gasteiger partial charge < -0.3 is 20.2 Å². The van der Waals surface area contributed by atoms with E-state index in [1.807, 2.05) is 29.2 Å². The number of nitrogens with zero attached hydrogens (tertiary/aromatic N) is 2. The molecule has 0 aromatic heterocycles. The highest BCUT2D eigenvalue weighted by molar-refractivity contribution is 5.77. The van der Waals surface area contributed by atoms with Gasteiger partial charge in [0.25, 0.3) is 0 Å². The summed E-state index contributed by atoms with van der Waals surface area (Å²) in [6, 6.07) is 7.70. The molecule has 0 radical (unpaired) electrons. The van der Waals surface area contributed by atoms with E-state index in [1.165, 1.54) is 16.0 Å². The monoisotopic (exact) mass is 347 g/mol. The van der Waals surface area contributed by atoms with E-state index in [0.717, 1.165) is 0 Å². The van der Waals surface area contributed by atoms with Crippen molar-refractivity contribution in [3.63, 3.8) is 0 Å². The van der Waals surface area contributed by atoms with Crippen LogP contribution in [0.15, 0.2) is 24.3 Å². The highest BCUT2D eigenvalue weighted by Gasteiger charge is 2.22. The molecule has 0 aliphatic carbocycles. The second kappa shape index (κ2) is 8.50. The van der Waals surface area contributed by atoms with Crippen LogP contribution in [0.5, 0.6) is 0 Å². The van der Waals surface area contributed by atoms with Crippen LogP contribution in [0.1, 0.15) is 30.9 Å². The average Bonchev–Trinajstić information content (AvgIpc) is 3.02. The van der Waals surface area contributed by atoms with Gasteiger partial charge in [0.05, 0.1) is 5.92 Å². The molecule has 1 aromatic carbocycles. The number of hydrogen-bond donors (Lipinski definition) is 2. The molecule has 1 aliphatic rings. The van der Waals surface area contributed by atoms with E-state index >= 15 is 0 Å². The Hall–Kier alpha value is -2.57. The Morgan fingerprint density at radius 2 is 1.84 bits per heavy atom.